The van der Waals surface area contributed by atoms with E-state index in [0.717, 1.165) is 0 Å². The van der Waals surface area contributed by atoms with Crippen molar-refractivity contribution in [2.24, 2.45) is 0 Å². The van der Waals surface area contributed by atoms with E-state index in [1.807, 2.05) is 6.07 Å². The second kappa shape index (κ2) is 2.36. The Morgan fingerprint density at radius 1 is 0.846 bits per heavy atom. The van der Waals surface area contributed by atoms with Gasteiger partial charge >= 0.3 is 0 Å². The molecule has 1 heterocycles. The Balaban J connectivity index is 2.52. The molecular formula is C12H9N. The van der Waals surface area contributed by atoms with E-state index in [0.29, 0.717) is 0 Å². The van der Waals surface area contributed by atoms with Crippen LogP contribution in [0.25, 0.3) is 22.2 Å². The van der Waals surface area contributed by atoms with Crippen molar-refractivity contribution in [3.63, 3.8) is 0 Å². The predicted octanol–water partition coefficient (Wildman–Crippen LogP) is 3.27. The molecule has 1 nitrogen and oxygen atoms in total. The maximum absolute atomic E-state index is 3.39. The molecule has 1 N–H and O–H groups in total. The zero-order valence-electron chi connectivity index (χ0n) is 7.12. The van der Waals surface area contributed by atoms with E-state index in [2.05, 4.69) is 47.4 Å². The minimum Gasteiger partial charge on any atom is -0.355 e. The van der Waals surface area contributed by atoms with Gasteiger partial charge in [0.25, 0.3) is 0 Å². The SMILES string of the molecule is c1cc2cc3ccccc3[nH]c-2c1. The second-order valence-corrected chi connectivity index (χ2v) is 3.25. The van der Waals surface area contributed by atoms with Gasteiger partial charge in [-0.05, 0) is 29.1 Å². The van der Waals surface area contributed by atoms with Gasteiger partial charge in [-0.1, -0.05) is 30.3 Å². The number of aromatic amines is 1. The first-order chi connectivity index (χ1) is 6.43. The van der Waals surface area contributed by atoms with Crippen LogP contribution in [0.1, 0.15) is 0 Å². The summed E-state index contributed by atoms with van der Waals surface area (Å²) in [7, 11) is 0. The smallest absolute Gasteiger partial charge is 0.0458 e. The van der Waals surface area contributed by atoms with E-state index < -0.39 is 0 Å². The number of fused-ring (bicyclic) bond motifs is 2. The summed E-state index contributed by atoms with van der Waals surface area (Å²) in [6, 6.07) is 16.8. The number of nitrogens with one attached hydrogen (secondary N) is 1. The molecule has 0 aromatic heterocycles. The molecule has 1 aliphatic carbocycles. The summed E-state index contributed by atoms with van der Waals surface area (Å²) in [5, 5.41) is 1.27. The lowest BCUT2D eigenvalue weighted by Crippen LogP contribution is -1.82. The lowest BCUT2D eigenvalue weighted by Gasteiger charge is -2.03. The van der Waals surface area contributed by atoms with E-state index in [1.165, 1.54) is 22.2 Å². The Kier molecular flexibility index (Phi) is 1.22. The van der Waals surface area contributed by atoms with Crippen molar-refractivity contribution in [1.82, 2.24) is 4.98 Å². The Hall–Kier alpha value is -1.76. The van der Waals surface area contributed by atoms with Gasteiger partial charge in [0, 0.05) is 11.2 Å². The summed E-state index contributed by atoms with van der Waals surface area (Å²) in [6.45, 7) is 0. The van der Waals surface area contributed by atoms with Gasteiger partial charge in [0.05, 0.1) is 0 Å². The molecule has 1 aliphatic heterocycles. The van der Waals surface area contributed by atoms with Crippen LogP contribution in [0.2, 0.25) is 0 Å². The Morgan fingerprint density at radius 2 is 1.77 bits per heavy atom. The molecule has 1 aromatic rings. The third kappa shape index (κ3) is 0.937. The van der Waals surface area contributed by atoms with Gasteiger partial charge in [0.1, 0.15) is 0 Å². The first-order valence-electron chi connectivity index (χ1n) is 4.40. The van der Waals surface area contributed by atoms with Crippen molar-refractivity contribution in [3.8, 4) is 11.3 Å². The summed E-state index contributed by atoms with van der Waals surface area (Å²) in [5.74, 6) is 0. The van der Waals surface area contributed by atoms with E-state index in [9.17, 15) is 0 Å². The van der Waals surface area contributed by atoms with Crippen LogP contribution < -0.4 is 0 Å². The Morgan fingerprint density at radius 3 is 2.77 bits per heavy atom. The third-order valence-electron chi connectivity index (χ3n) is 2.39. The fourth-order valence-electron chi connectivity index (χ4n) is 1.72. The molecule has 1 aromatic carbocycles. The lowest BCUT2D eigenvalue weighted by molar-refractivity contribution is 1.42. The highest BCUT2D eigenvalue weighted by Crippen LogP contribution is 2.24. The largest absolute Gasteiger partial charge is 0.355 e. The molecule has 0 amide bonds. The number of aromatic nitrogens is 1. The maximum atomic E-state index is 3.39. The minimum atomic E-state index is 1.20. The quantitative estimate of drug-likeness (QED) is 0.529. The Bertz CT molecular complexity index is 475. The molecule has 0 atom stereocenters. The van der Waals surface area contributed by atoms with Crippen molar-refractivity contribution in [2.45, 2.75) is 0 Å². The molecule has 0 bridgehead atoms. The molecule has 1 heteroatoms. The summed E-state index contributed by atoms with van der Waals surface area (Å²) in [6.07, 6.45) is 0. The average Bonchev–Trinajstić information content (AvgIpc) is 2.61. The zero-order valence-corrected chi connectivity index (χ0v) is 7.12. The van der Waals surface area contributed by atoms with E-state index in [4.69, 9.17) is 0 Å². The van der Waals surface area contributed by atoms with Crippen LogP contribution in [-0.2, 0) is 0 Å². The van der Waals surface area contributed by atoms with Crippen molar-refractivity contribution in [2.75, 3.05) is 0 Å². The standard InChI is InChI=1S/C12H9N/c1-2-6-11-9(4-1)8-10-5-3-7-12(10)13-11/h1-8,13H. The molecule has 0 saturated heterocycles. The number of hydrogen-bond donors (Lipinski definition) is 1. The van der Waals surface area contributed by atoms with Crippen LogP contribution in [0.4, 0.5) is 0 Å². The fraction of sp³-hybridized carbons (Fsp3) is 0. The van der Waals surface area contributed by atoms with Gasteiger partial charge < -0.3 is 4.98 Å². The van der Waals surface area contributed by atoms with Gasteiger partial charge in [0.15, 0.2) is 0 Å². The normalized spacial score (nSPS) is 11.1. The highest BCUT2D eigenvalue weighted by Gasteiger charge is 2.02. The van der Waals surface area contributed by atoms with Gasteiger partial charge in [-0.3, -0.25) is 0 Å². The highest BCUT2D eigenvalue weighted by molar-refractivity contribution is 5.85. The molecule has 0 fully saturated rings. The van der Waals surface area contributed by atoms with Crippen LogP contribution in [0.3, 0.4) is 0 Å². The number of pyridine rings is 1. The number of para-hydroxylation sites is 1. The van der Waals surface area contributed by atoms with E-state index in [-0.39, 0.29) is 0 Å². The van der Waals surface area contributed by atoms with Gasteiger partial charge in [-0.25, -0.2) is 0 Å². The molecule has 0 spiro atoms. The van der Waals surface area contributed by atoms with E-state index >= 15 is 0 Å². The van der Waals surface area contributed by atoms with Crippen LogP contribution in [-0.4, -0.2) is 4.98 Å². The molecule has 0 saturated carbocycles. The van der Waals surface area contributed by atoms with Crippen LogP contribution in [0, 0.1) is 0 Å². The number of hydrogen-bond acceptors (Lipinski definition) is 0. The number of rotatable bonds is 0. The predicted molar refractivity (Wildman–Crippen MR) is 54.9 cm³/mol. The molecule has 13 heavy (non-hydrogen) atoms. The maximum Gasteiger partial charge on any atom is 0.0458 e. The van der Waals surface area contributed by atoms with Crippen LogP contribution in [0.15, 0.2) is 48.5 Å². The third-order valence-corrected chi connectivity index (χ3v) is 2.39. The van der Waals surface area contributed by atoms with E-state index in [1.54, 1.807) is 0 Å². The zero-order chi connectivity index (χ0) is 8.67. The lowest BCUT2D eigenvalue weighted by atomic mass is 10.1. The van der Waals surface area contributed by atoms with Crippen molar-refractivity contribution < 1.29 is 0 Å². The minimum absolute atomic E-state index is 1.20. The number of H-pyrrole nitrogens is 1. The monoisotopic (exact) mass is 167 g/mol. The Labute approximate surface area is 76.4 Å². The van der Waals surface area contributed by atoms with Crippen molar-refractivity contribution >= 4 is 10.9 Å². The van der Waals surface area contributed by atoms with Crippen molar-refractivity contribution in [1.29, 1.82) is 0 Å². The van der Waals surface area contributed by atoms with Gasteiger partial charge in [0.2, 0.25) is 0 Å². The fourth-order valence-corrected chi connectivity index (χ4v) is 1.72. The summed E-state index contributed by atoms with van der Waals surface area (Å²) in [5.41, 5.74) is 3.68. The number of benzene rings is 1. The van der Waals surface area contributed by atoms with Crippen molar-refractivity contribution in [3.05, 3.63) is 48.5 Å². The molecule has 0 unspecified atom stereocenters. The topological polar surface area (TPSA) is 15.8 Å². The first-order valence-corrected chi connectivity index (χ1v) is 4.40. The first kappa shape index (κ1) is 6.72. The van der Waals surface area contributed by atoms with Gasteiger partial charge in [-0.15, -0.1) is 0 Å². The summed E-state index contributed by atoms with van der Waals surface area (Å²) in [4.78, 5) is 3.39. The average molecular weight is 167 g/mol. The van der Waals surface area contributed by atoms with Crippen LogP contribution in [0.5, 0.6) is 0 Å². The van der Waals surface area contributed by atoms with Crippen LogP contribution >= 0.6 is 0 Å². The molecule has 3 rings (SSSR count). The second-order valence-electron chi connectivity index (χ2n) is 3.25. The van der Waals surface area contributed by atoms with Gasteiger partial charge in [-0.2, -0.15) is 0 Å². The molecular weight excluding hydrogens is 158 g/mol. The summed E-state index contributed by atoms with van der Waals surface area (Å²) >= 11 is 0. The summed E-state index contributed by atoms with van der Waals surface area (Å²) < 4.78 is 0. The highest BCUT2D eigenvalue weighted by atomic mass is 14.7. The molecule has 62 valence electrons. The molecule has 0 radical (unpaired) electrons. The molecule has 2 aliphatic rings.